The van der Waals surface area contributed by atoms with E-state index in [2.05, 4.69) is 13.8 Å². The van der Waals surface area contributed by atoms with Crippen molar-refractivity contribution in [3.05, 3.63) is 0 Å². The van der Waals surface area contributed by atoms with Crippen LogP contribution in [0.25, 0.3) is 0 Å². The molecule has 0 aliphatic rings. The maximum absolute atomic E-state index is 2.23. The van der Waals surface area contributed by atoms with Gasteiger partial charge in [0.15, 0.2) is 0 Å². The van der Waals surface area contributed by atoms with Crippen LogP contribution in [0.5, 0.6) is 0 Å². The summed E-state index contributed by atoms with van der Waals surface area (Å²) in [5.74, 6) is 0. The molecule has 0 aliphatic heterocycles. The Kier molecular flexibility index (Phi) is 142. The summed E-state index contributed by atoms with van der Waals surface area (Å²) >= 11 is 0. The van der Waals surface area contributed by atoms with E-state index in [0.717, 1.165) is 0 Å². The van der Waals surface area contributed by atoms with E-state index < -0.39 is 0 Å². The molecular formula is C6H18Cl4Ti. The molecule has 0 atom stereocenters. The molecule has 0 fully saturated rings. The Labute approximate surface area is 110 Å². The fourth-order valence-corrected chi connectivity index (χ4v) is 0.500. The predicted molar refractivity (Wildman–Crippen MR) is 58.8 cm³/mol. The third-order valence-electron chi connectivity index (χ3n) is 0.957. The van der Waals surface area contributed by atoms with Gasteiger partial charge in [-0.25, -0.2) is 0 Å². The van der Waals surface area contributed by atoms with Gasteiger partial charge in [0, 0.05) is 21.7 Å². The quantitative estimate of drug-likeness (QED) is 0.535. The van der Waals surface area contributed by atoms with Gasteiger partial charge in [-0.15, -0.1) is 49.6 Å². The van der Waals surface area contributed by atoms with E-state index in [1.165, 1.54) is 25.7 Å². The SMILES string of the molecule is CCCCCC.Cl.Cl.Cl.Cl.[Ti]. The maximum atomic E-state index is 2.23. The standard InChI is InChI=1S/C6H14.4ClH.Ti/c1-3-5-6-4-2;;;;;/h3-6H2,1-2H3;4*1H;. The molecule has 0 heterocycles. The molecule has 11 heavy (non-hydrogen) atoms. The van der Waals surface area contributed by atoms with Crippen LogP contribution in [-0.4, -0.2) is 0 Å². The first-order valence-corrected chi connectivity index (χ1v) is 2.91. The van der Waals surface area contributed by atoms with E-state index in [4.69, 9.17) is 0 Å². The third kappa shape index (κ3) is 48.7. The molecule has 0 aromatic heterocycles. The second-order valence-electron chi connectivity index (χ2n) is 1.71. The van der Waals surface area contributed by atoms with E-state index in [9.17, 15) is 0 Å². The monoisotopic (exact) mass is 278 g/mol. The molecular weight excluding hydrogens is 262 g/mol. The molecule has 5 heteroatoms. The zero-order valence-electron chi connectivity index (χ0n) is 6.96. The summed E-state index contributed by atoms with van der Waals surface area (Å²) in [5.41, 5.74) is 0. The van der Waals surface area contributed by atoms with Gasteiger partial charge in [0.2, 0.25) is 0 Å². The van der Waals surface area contributed by atoms with Crippen molar-refractivity contribution in [2.24, 2.45) is 0 Å². The smallest absolute Gasteiger partial charge is 0 e. The second-order valence-corrected chi connectivity index (χ2v) is 1.71. The number of unbranched alkanes of at least 4 members (excludes halogenated alkanes) is 3. The molecule has 74 valence electrons. The predicted octanol–water partition coefficient (Wildman–Crippen LogP) is 4.27. The van der Waals surface area contributed by atoms with Crippen LogP contribution in [0.3, 0.4) is 0 Å². The van der Waals surface area contributed by atoms with Crippen molar-refractivity contribution in [2.45, 2.75) is 39.5 Å². The molecule has 0 nitrogen and oxygen atoms in total. The van der Waals surface area contributed by atoms with Crippen LogP contribution in [0, 0.1) is 0 Å². The van der Waals surface area contributed by atoms with Crippen molar-refractivity contribution in [1.29, 1.82) is 0 Å². The molecule has 0 saturated carbocycles. The molecule has 0 rings (SSSR count). The van der Waals surface area contributed by atoms with Gasteiger partial charge >= 0.3 is 0 Å². The minimum absolute atomic E-state index is 0. The van der Waals surface area contributed by atoms with Crippen molar-refractivity contribution in [2.75, 3.05) is 0 Å². The number of halogens is 4. The number of hydrogen-bond acceptors (Lipinski definition) is 0. The Morgan fingerprint density at radius 2 is 0.818 bits per heavy atom. The molecule has 0 spiro atoms. The summed E-state index contributed by atoms with van der Waals surface area (Å²) in [6.07, 6.45) is 5.54. The summed E-state index contributed by atoms with van der Waals surface area (Å²) in [6, 6.07) is 0. The minimum Gasteiger partial charge on any atom is -0.147 e. The normalized spacial score (nSPS) is 4.91. The van der Waals surface area contributed by atoms with Crippen molar-refractivity contribution < 1.29 is 21.7 Å². The van der Waals surface area contributed by atoms with Gasteiger partial charge in [-0.2, -0.15) is 0 Å². The summed E-state index contributed by atoms with van der Waals surface area (Å²) in [6.45, 7) is 4.46. The number of rotatable bonds is 3. The first kappa shape index (κ1) is 38.4. The van der Waals surface area contributed by atoms with Crippen LogP contribution >= 0.6 is 49.6 Å². The average molecular weight is 280 g/mol. The van der Waals surface area contributed by atoms with E-state index in [1.54, 1.807) is 0 Å². The zero-order chi connectivity index (χ0) is 4.83. The summed E-state index contributed by atoms with van der Waals surface area (Å²) in [5, 5.41) is 0. The molecule has 0 aromatic rings. The second kappa shape index (κ2) is 40.7. The van der Waals surface area contributed by atoms with Crippen LogP contribution in [0.1, 0.15) is 39.5 Å². The van der Waals surface area contributed by atoms with Crippen LogP contribution in [-0.2, 0) is 21.7 Å². The molecule has 0 bridgehead atoms. The van der Waals surface area contributed by atoms with Crippen molar-refractivity contribution in [3.63, 3.8) is 0 Å². The van der Waals surface area contributed by atoms with Crippen LogP contribution < -0.4 is 0 Å². The van der Waals surface area contributed by atoms with Gasteiger partial charge < -0.3 is 0 Å². The molecule has 0 amide bonds. The van der Waals surface area contributed by atoms with Crippen LogP contribution in [0.4, 0.5) is 0 Å². The molecule has 0 unspecified atom stereocenters. The molecule has 0 radical (unpaired) electrons. The molecule has 0 aromatic carbocycles. The molecule has 0 saturated heterocycles. The van der Waals surface area contributed by atoms with Gasteiger partial charge in [0.05, 0.1) is 0 Å². The van der Waals surface area contributed by atoms with E-state index in [-0.39, 0.29) is 71.3 Å². The Morgan fingerprint density at radius 1 is 0.636 bits per heavy atom. The maximum Gasteiger partial charge on any atom is 0 e. The van der Waals surface area contributed by atoms with Crippen LogP contribution in [0.15, 0.2) is 0 Å². The van der Waals surface area contributed by atoms with E-state index in [1.807, 2.05) is 0 Å². The fraction of sp³-hybridized carbons (Fsp3) is 1.00. The zero-order valence-corrected chi connectivity index (χ0v) is 11.8. The average Bonchev–Trinajstić information content (AvgIpc) is 1.61. The Bertz CT molecular complexity index is 26.5. The van der Waals surface area contributed by atoms with E-state index >= 15 is 0 Å². The minimum atomic E-state index is 0. The summed E-state index contributed by atoms with van der Waals surface area (Å²) in [4.78, 5) is 0. The van der Waals surface area contributed by atoms with Crippen molar-refractivity contribution in [1.82, 2.24) is 0 Å². The van der Waals surface area contributed by atoms with Gasteiger partial charge in [0.25, 0.3) is 0 Å². The van der Waals surface area contributed by atoms with Gasteiger partial charge in [-0.3, -0.25) is 0 Å². The third-order valence-corrected chi connectivity index (χ3v) is 0.957. The van der Waals surface area contributed by atoms with Crippen molar-refractivity contribution >= 4 is 49.6 Å². The van der Waals surface area contributed by atoms with E-state index in [0.29, 0.717) is 0 Å². The van der Waals surface area contributed by atoms with Crippen molar-refractivity contribution in [3.8, 4) is 0 Å². The Hall–Kier alpha value is 1.87. The first-order chi connectivity index (χ1) is 2.91. The Balaban J connectivity index is -0.0000000125. The fourth-order valence-electron chi connectivity index (χ4n) is 0.500. The first-order valence-electron chi connectivity index (χ1n) is 2.91. The molecule has 0 N–H and O–H groups in total. The van der Waals surface area contributed by atoms with Gasteiger partial charge in [-0.05, 0) is 0 Å². The molecule has 0 aliphatic carbocycles. The topological polar surface area (TPSA) is 0 Å². The summed E-state index contributed by atoms with van der Waals surface area (Å²) < 4.78 is 0. The number of hydrogen-bond donors (Lipinski definition) is 0. The largest absolute Gasteiger partial charge is 0.147 e. The summed E-state index contributed by atoms with van der Waals surface area (Å²) in [7, 11) is 0. The van der Waals surface area contributed by atoms with Gasteiger partial charge in [-0.1, -0.05) is 39.5 Å². The Morgan fingerprint density at radius 3 is 0.909 bits per heavy atom. The van der Waals surface area contributed by atoms with Gasteiger partial charge in [0.1, 0.15) is 0 Å². The van der Waals surface area contributed by atoms with Crippen LogP contribution in [0.2, 0.25) is 0 Å².